The second-order valence-corrected chi connectivity index (χ2v) is 8.09. The van der Waals surface area contributed by atoms with E-state index in [0.29, 0.717) is 18.5 Å². The van der Waals surface area contributed by atoms with E-state index in [1.165, 1.54) is 17.4 Å². The van der Waals surface area contributed by atoms with E-state index in [-0.39, 0.29) is 31.6 Å². The first kappa shape index (κ1) is 26.1. The van der Waals surface area contributed by atoms with E-state index in [4.69, 9.17) is 11.5 Å². The van der Waals surface area contributed by atoms with Gasteiger partial charge in [-0.05, 0) is 19.3 Å². The van der Waals surface area contributed by atoms with Crippen LogP contribution in [0.3, 0.4) is 0 Å². The number of carbonyl (C=O) groups excluding carboxylic acids is 4. The molecule has 2 rings (SSSR count). The molecule has 1 aromatic rings. The summed E-state index contributed by atoms with van der Waals surface area (Å²) in [6, 6.07) is -4.28. The predicted molar refractivity (Wildman–Crippen MR) is 119 cm³/mol. The van der Waals surface area contributed by atoms with Crippen molar-refractivity contribution < 1.29 is 29.1 Å². The number of aromatic nitrogens is 2. The Hall–Kier alpha value is -3.13. The van der Waals surface area contributed by atoms with Crippen molar-refractivity contribution in [3.05, 3.63) is 18.2 Å². The lowest BCUT2D eigenvalue weighted by molar-refractivity contribution is -0.149. The number of likely N-dealkylation sites (tertiary alicyclic amines) is 1. The Morgan fingerprint density at radius 1 is 1.24 bits per heavy atom. The number of hydrogen-bond acceptors (Lipinski definition) is 8. The number of imidazole rings is 1. The van der Waals surface area contributed by atoms with Gasteiger partial charge >= 0.3 is 5.97 Å². The third-order valence-corrected chi connectivity index (χ3v) is 5.63. The molecule has 33 heavy (non-hydrogen) atoms. The average molecular weight is 484 g/mol. The molecule has 1 aliphatic heterocycles. The molecular formula is C19H29N7O6S. The molecule has 4 amide bonds. The number of aliphatic carboxylic acids is 1. The zero-order chi connectivity index (χ0) is 24.5. The van der Waals surface area contributed by atoms with Crippen molar-refractivity contribution in [2.45, 2.75) is 56.3 Å². The van der Waals surface area contributed by atoms with Crippen molar-refractivity contribution in [3.63, 3.8) is 0 Å². The second kappa shape index (κ2) is 12.2. The van der Waals surface area contributed by atoms with E-state index in [1.54, 1.807) is 0 Å². The molecule has 1 aliphatic rings. The number of nitrogens with zero attached hydrogens (tertiary/aromatic N) is 2. The number of primary amides is 1. The van der Waals surface area contributed by atoms with Crippen LogP contribution in [0.25, 0.3) is 0 Å². The Kier molecular flexibility index (Phi) is 9.66. The monoisotopic (exact) mass is 483 g/mol. The number of rotatable bonds is 12. The molecular weight excluding hydrogens is 454 g/mol. The van der Waals surface area contributed by atoms with Crippen LogP contribution in [0.2, 0.25) is 0 Å². The standard InChI is InChI=1S/C19H29N7O6S/c20-11(6-10-7-22-9-23-10)16(28)24-12(3-4-15(21)27)17(29)25-13(8-33)18(30)26-5-1-2-14(26)19(31)32/h7,9,11-14,33H,1-6,8,20H2,(H2,21,27)(H,22,23)(H,24,28)(H,25,29)(H,31,32). The molecule has 182 valence electrons. The smallest absolute Gasteiger partial charge is 0.326 e. The van der Waals surface area contributed by atoms with E-state index in [1.807, 2.05) is 0 Å². The van der Waals surface area contributed by atoms with Crippen LogP contribution < -0.4 is 22.1 Å². The first-order chi connectivity index (χ1) is 15.6. The van der Waals surface area contributed by atoms with E-state index in [9.17, 15) is 29.1 Å². The van der Waals surface area contributed by atoms with Crippen molar-refractivity contribution >= 4 is 42.2 Å². The van der Waals surface area contributed by atoms with Gasteiger partial charge in [-0.2, -0.15) is 12.6 Å². The largest absolute Gasteiger partial charge is 0.480 e. The number of thiol groups is 1. The van der Waals surface area contributed by atoms with Gasteiger partial charge in [0.2, 0.25) is 23.6 Å². The van der Waals surface area contributed by atoms with Crippen LogP contribution in [-0.2, 0) is 30.4 Å². The number of nitrogens with one attached hydrogen (secondary N) is 3. The van der Waals surface area contributed by atoms with Gasteiger partial charge < -0.3 is 37.1 Å². The van der Waals surface area contributed by atoms with Gasteiger partial charge in [0.25, 0.3) is 0 Å². The Morgan fingerprint density at radius 2 is 1.94 bits per heavy atom. The van der Waals surface area contributed by atoms with Gasteiger partial charge in [0.15, 0.2) is 0 Å². The zero-order valence-corrected chi connectivity index (χ0v) is 18.8. The number of H-pyrrole nitrogens is 1. The van der Waals surface area contributed by atoms with E-state index < -0.39 is 53.8 Å². The quantitative estimate of drug-likeness (QED) is 0.158. The number of nitrogens with two attached hydrogens (primary N) is 2. The molecule has 0 saturated carbocycles. The molecule has 1 aromatic heterocycles. The molecule has 1 fully saturated rings. The lowest BCUT2D eigenvalue weighted by Crippen LogP contribution is -2.58. The fourth-order valence-corrected chi connectivity index (χ4v) is 3.75. The van der Waals surface area contributed by atoms with Crippen molar-refractivity contribution in [2.75, 3.05) is 12.3 Å². The van der Waals surface area contributed by atoms with Crippen molar-refractivity contribution in [3.8, 4) is 0 Å². The molecule has 4 atom stereocenters. The Balaban J connectivity index is 2.06. The topological polar surface area (TPSA) is 214 Å². The SMILES string of the molecule is NC(=O)CCC(NC(=O)C(N)Cc1cnc[nH]1)C(=O)NC(CS)C(=O)N1CCCC1C(=O)O. The minimum Gasteiger partial charge on any atom is -0.480 e. The highest BCUT2D eigenvalue weighted by atomic mass is 32.1. The van der Waals surface area contributed by atoms with Crippen molar-refractivity contribution in [2.24, 2.45) is 11.5 Å². The number of carbonyl (C=O) groups is 5. The zero-order valence-electron chi connectivity index (χ0n) is 17.9. The van der Waals surface area contributed by atoms with E-state index in [2.05, 4.69) is 33.2 Å². The highest BCUT2D eigenvalue weighted by molar-refractivity contribution is 7.80. The molecule has 14 heteroatoms. The Bertz CT molecular complexity index is 865. The lowest BCUT2D eigenvalue weighted by Gasteiger charge is -2.28. The fourth-order valence-electron chi connectivity index (χ4n) is 3.51. The Morgan fingerprint density at radius 3 is 2.52 bits per heavy atom. The molecule has 0 spiro atoms. The van der Waals surface area contributed by atoms with Crippen LogP contribution in [0.4, 0.5) is 0 Å². The number of carboxylic acids is 1. The van der Waals surface area contributed by atoms with Gasteiger partial charge in [0.05, 0.1) is 12.4 Å². The van der Waals surface area contributed by atoms with Gasteiger partial charge in [-0.25, -0.2) is 9.78 Å². The van der Waals surface area contributed by atoms with Gasteiger partial charge in [-0.15, -0.1) is 0 Å². The fraction of sp³-hybridized carbons (Fsp3) is 0.579. The third kappa shape index (κ3) is 7.46. The number of aromatic amines is 1. The van der Waals surface area contributed by atoms with Crippen LogP contribution in [0.15, 0.2) is 12.5 Å². The summed E-state index contributed by atoms with van der Waals surface area (Å²) in [5, 5.41) is 14.3. The third-order valence-electron chi connectivity index (χ3n) is 5.26. The molecule has 1 saturated heterocycles. The molecule has 8 N–H and O–H groups in total. The number of amides is 4. The molecule has 4 unspecified atom stereocenters. The molecule has 0 aliphatic carbocycles. The summed E-state index contributed by atoms with van der Waals surface area (Å²) in [5.41, 5.74) is 11.7. The highest BCUT2D eigenvalue weighted by Gasteiger charge is 2.38. The molecule has 2 heterocycles. The second-order valence-electron chi connectivity index (χ2n) is 7.73. The normalized spacial score (nSPS) is 18.2. The van der Waals surface area contributed by atoms with Gasteiger partial charge in [0, 0.05) is 37.0 Å². The van der Waals surface area contributed by atoms with Crippen molar-refractivity contribution in [1.29, 1.82) is 0 Å². The minimum atomic E-state index is -1.19. The molecule has 0 aromatic carbocycles. The minimum absolute atomic E-state index is 0.0940. The summed E-state index contributed by atoms with van der Waals surface area (Å²) in [4.78, 5) is 68.7. The maximum absolute atomic E-state index is 12.9. The van der Waals surface area contributed by atoms with Crippen LogP contribution >= 0.6 is 12.6 Å². The average Bonchev–Trinajstić information content (AvgIpc) is 3.45. The Labute approximate surface area is 195 Å². The summed E-state index contributed by atoms with van der Waals surface area (Å²) in [7, 11) is 0. The predicted octanol–water partition coefficient (Wildman–Crippen LogP) is -2.48. The van der Waals surface area contributed by atoms with Crippen LogP contribution in [0, 0.1) is 0 Å². The van der Waals surface area contributed by atoms with Crippen LogP contribution in [-0.4, -0.2) is 86.0 Å². The highest BCUT2D eigenvalue weighted by Crippen LogP contribution is 2.19. The van der Waals surface area contributed by atoms with Gasteiger partial charge in [0.1, 0.15) is 18.1 Å². The van der Waals surface area contributed by atoms with Gasteiger partial charge in [-0.3, -0.25) is 19.2 Å². The van der Waals surface area contributed by atoms with E-state index in [0.717, 1.165) is 0 Å². The summed E-state index contributed by atoms with van der Waals surface area (Å²) < 4.78 is 0. The summed E-state index contributed by atoms with van der Waals surface area (Å²) in [6.07, 6.45) is 3.63. The first-order valence-electron chi connectivity index (χ1n) is 10.4. The number of carboxylic acid groups (broad SMARTS) is 1. The van der Waals surface area contributed by atoms with Gasteiger partial charge in [-0.1, -0.05) is 0 Å². The number of hydrogen-bond donors (Lipinski definition) is 7. The van der Waals surface area contributed by atoms with Crippen LogP contribution in [0.1, 0.15) is 31.4 Å². The first-order valence-corrected chi connectivity index (χ1v) is 11.0. The summed E-state index contributed by atoms with van der Waals surface area (Å²) >= 11 is 4.11. The maximum Gasteiger partial charge on any atom is 0.326 e. The van der Waals surface area contributed by atoms with Crippen molar-refractivity contribution in [1.82, 2.24) is 25.5 Å². The van der Waals surface area contributed by atoms with E-state index >= 15 is 0 Å². The lowest BCUT2D eigenvalue weighted by atomic mass is 10.1. The summed E-state index contributed by atoms with van der Waals surface area (Å²) in [5.74, 6) is -3.86. The van der Waals surface area contributed by atoms with Crippen LogP contribution in [0.5, 0.6) is 0 Å². The molecule has 13 nitrogen and oxygen atoms in total. The molecule has 0 bridgehead atoms. The summed E-state index contributed by atoms with van der Waals surface area (Å²) in [6.45, 7) is 0.250. The molecule has 0 radical (unpaired) electrons. The maximum atomic E-state index is 12.9.